The molecule has 3 heterocycles. The number of aromatic nitrogens is 2. The van der Waals surface area contributed by atoms with E-state index in [-0.39, 0.29) is 29.5 Å². The SMILES string of the molecule is CCOC(=O)C1CCc2sc(NC(=O)C3CCCN(c4nc5ccc(F)cc5s4)C3)nc21. The van der Waals surface area contributed by atoms with Crippen molar-refractivity contribution < 1.29 is 18.7 Å². The third kappa shape index (κ3) is 4.09. The number of fused-ring (bicyclic) bond motifs is 2. The quantitative estimate of drug-likeness (QED) is 0.554. The number of hydrogen-bond acceptors (Lipinski definition) is 8. The van der Waals surface area contributed by atoms with Crippen LogP contribution in [0.25, 0.3) is 10.2 Å². The number of benzene rings is 1. The van der Waals surface area contributed by atoms with Crippen LogP contribution in [-0.4, -0.2) is 41.5 Å². The molecule has 1 aromatic carbocycles. The molecular weight excluding hydrogens is 451 g/mol. The lowest BCUT2D eigenvalue weighted by Gasteiger charge is -2.31. The summed E-state index contributed by atoms with van der Waals surface area (Å²) in [5, 5.41) is 4.32. The van der Waals surface area contributed by atoms with Gasteiger partial charge in [0, 0.05) is 18.0 Å². The average Bonchev–Trinajstić information content (AvgIpc) is 3.47. The number of rotatable bonds is 5. The minimum atomic E-state index is -0.333. The van der Waals surface area contributed by atoms with Gasteiger partial charge in [-0.15, -0.1) is 11.3 Å². The minimum absolute atomic E-state index is 0.0676. The van der Waals surface area contributed by atoms with Crippen LogP contribution < -0.4 is 10.2 Å². The summed E-state index contributed by atoms with van der Waals surface area (Å²) < 4.78 is 19.5. The Balaban J connectivity index is 1.26. The van der Waals surface area contributed by atoms with Gasteiger partial charge >= 0.3 is 5.97 Å². The normalized spacial score (nSPS) is 20.4. The van der Waals surface area contributed by atoms with Crippen molar-refractivity contribution in [3.8, 4) is 0 Å². The van der Waals surface area contributed by atoms with Crippen LogP contribution in [0, 0.1) is 11.7 Å². The second kappa shape index (κ2) is 8.74. The van der Waals surface area contributed by atoms with Gasteiger partial charge in [-0.05, 0) is 50.8 Å². The highest BCUT2D eigenvalue weighted by Crippen LogP contribution is 2.39. The molecule has 0 saturated carbocycles. The van der Waals surface area contributed by atoms with Gasteiger partial charge in [-0.25, -0.2) is 14.4 Å². The molecule has 1 fully saturated rings. The number of aryl methyl sites for hydroxylation is 1. The van der Waals surface area contributed by atoms with Crippen LogP contribution in [0.15, 0.2) is 18.2 Å². The van der Waals surface area contributed by atoms with Gasteiger partial charge in [-0.3, -0.25) is 9.59 Å². The third-order valence-electron chi connectivity index (χ3n) is 5.92. The van der Waals surface area contributed by atoms with Gasteiger partial charge in [0.25, 0.3) is 0 Å². The van der Waals surface area contributed by atoms with Gasteiger partial charge in [0.1, 0.15) is 11.7 Å². The maximum absolute atomic E-state index is 13.5. The molecule has 2 unspecified atom stereocenters. The van der Waals surface area contributed by atoms with E-state index >= 15 is 0 Å². The smallest absolute Gasteiger partial charge is 0.315 e. The van der Waals surface area contributed by atoms with Crippen LogP contribution in [0.1, 0.15) is 42.7 Å². The zero-order valence-corrected chi connectivity index (χ0v) is 19.2. The van der Waals surface area contributed by atoms with Gasteiger partial charge in [-0.1, -0.05) is 11.3 Å². The molecule has 0 radical (unpaired) electrons. The molecule has 168 valence electrons. The Morgan fingerprint density at radius 3 is 3.00 bits per heavy atom. The van der Waals surface area contributed by atoms with Crippen molar-refractivity contribution in [3.05, 3.63) is 34.6 Å². The molecule has 1 saturated heterocycles. The number of carbonyl (C=O) groups is 2. The molecule has 1 aliphatic carbocycles. The van der Waals surface area contributed by atoms with Crippen LogP contribution in [0.3, 0.4) is 0 Å². The number of hydrogen-bond donors (Lipinski definition) is 1. The molecule has 1 aliphatic heterocycles. The molecule has 0 spiro atoms. The number of thiazole rings is 2. The highest BCUT2D eigenvalue weighted by atomic mass is 32.1. The molecule has 3 aromatic rings. The number of nitrogens with one attached hydrogen (secondary N) is 1. The maximum Gasteiger partial charge on any atom is 0.315 e. The van der Waals surface area contributed by atoms with Gasteiger partial charge in [-0.2, -0.15) is 0 Å². The van der Waals surface area contributed by atoms with E-state index in [0.717, 1.165) is 51.7 Å². The van der Waals surface area contributed by atoms with Gasteiger partial charge in [0.15, 0.2) is 10.3 Å². The number of ether oxygens (including phenoxy) is 1. The maximum atomic E-state index is 13.5. The fourth-order valence-electron chi connectivity index (χ4n) is 4.35. The molecule has 7 nitrogen and oxygen atoms in total. The number of anilines is 2. The van der Waals surface area contributed by atoms with Crippen LogP contribution in [0.5, 0.6) is 0 Å². The van der Waals surface area contributed by atoms with E-state index in [1.807, 2.05) is 0 Å². The Hall–Kier alpha value is -2.59. The van der Waals surface area contributed by atoms with Crippen molar-refractivity contribution in [1.82, 2.24) is 9.97 Å². The molecule has 0 bridgehead atoms. The van der Waals surface area contributed by atoms with E-state index in [9.17, 15) is 14.0 Å². The standard InChI is InChI=1S/C22H23FN4O3S2/c1-2-30-20(29)14-6-8-16-18(14)25-21(31-16)26-19(28)12-4-3-9-27(11-12)22-24-15-7-5-13(23)10-17(15)32-22/h5,7,10,12,14H,2-4,6,8-9,11H2,1H3,(H,25,26,28). The lowest BCUT2D eigenvalue weighted by molar-refractivity contribution is -0.145. The van der Waals surface area contributed by atoms with Gasteiger partial charge in [0.05, 0.1) is 28.4 Å². The first kappa shape index (κ1) is 21.3. The van der Waals surface area contributed by atoms with Crippen LogP contribution in [-0.2, 0) is 20.7 Å². The first-order valence-corrected chi connectivity index (χ1v) is 12.4. The highest BCUT2D eigenvalue weighted by molar-refractivity contribution is 7.22. The monoisotopic (exact) mass is 474 g/mol. The van der Waals surface area contributed by atoms with Crippen molar-refractivity contribution in [2.45, 2.75) is 38.5 Å². The molecule has 10 heteroatoms. The number of halogens is 1. The number of piperidine rings is 1. The highest BCUT2D eigenvalue weighted by Gasteiger charge is 2.34. The largest absolute Gasteiger partial charge is 0.465 e. The molecule has 5 rings (SSSR count). The lowest BCUT2D eigenvalue weighted by atomic mass is 9.97. The van der Waals surface area contributed by atoms with E-state index < -0.39 is 0 Å². The van der Waals surface area contributed by atoms with E-state index in [1.165, 1.54) is 34.8 Å². The third-order valence-corrected chi connectivity index (χ3v) is 8.05. The summed E-state index contributed by atoms with van der Waals surface area (Å²) in [7, 11) is 0. The van der Waals surface area contributed by atoms with Crippen molar-refractivity contribution in [2.24, 2.45) is 5.92 Å². The summed E-state index contributed by atoms with van der Waals surface area (Å²) in [6.07, 6.45) is 3.16. The van der Waals surface area contributed by atoms with E-state index in [1.54, 1.807) is 13.0 Å². The van der Waals surface area contributed by atoms with E-state index in [4.69, 9.17) is 4.74 Å². The second-order valence-electron chi connectivity index (χ2n) is 8.05. The Labute approximate surface area is 192 Å². The predicted molar refractivity (Wildman–Crippen MR) is 123 cm³/mol. The van der Waals surface area contributed by atoms with Crippen molar-refractivity contribution in [3.63, 3.8) is 0 Å². The number of amides is 1. The number of esters is 1. The fourth-order valence-corrected chi connectivity index (χ4v) is 6.41. The van der Waals surface area contributed by atoms with E-state index in [0.29, 0.717) is 24.7 Å². The molecule has 2 aliphatic rings. The number of nitrogens with zero attached hydrogens (tertiary/aromatic N) is 3. The summed E-state index contributed by atoms with van der Waals surface area (Å²) in [5.41, 5.74) is 1.52. The molecule has 1 N–H and O–H groups in total. The Kier molecular flexibility index (Phi) is 5.81. The summed E-state index contributed by atoms with van der Waals surface area (Å²) >= 11 is 2.89. The molecule has 2 aromatic heterocycles. The Morgan fingerprint density at radius 2 is 2.16 bits per heavy atom. The average molecular weight is 475 g/mol. The summed E-state index contributed by atoms with van der Waals surface area (Å²) in [4.78, 5) is 37.5. The first-order chi connectivity index (χ1) is 15.5. The van der Waals surface area contributed by atoms with Crippen LogP contribution >= 0.6 is 22.7 Å². The van der Waals surface area contributed by atoms with E-state index in [2.05, 4.69) is 20.2 Å². The van der Waals surface area contributed by atoms with Crippen molar-refractivity contribution in [1.29, 1.82) is 0 Å². The van der Waals surface area contributed by atoms with Gasteiger partial charge in [0.2, 0.25) is 5.91 Å². The van der Waals surface area contributed by atoms with Crippen molar-refractivity contribution >= 4 is 55.0 Å². The zero-order valence-electron chi connectivity index (χ0n) is 17.6. The lowest BCUT2D eigenvalue weighted by Crippen LogP contribution is -2.40. The minimum Gasteiger partial charge on any atom is -0.465 e. The first-order valence-electron chi connectivity index (χ1n) is 10.8. The zero-order chi connectivity index (χ0) is 22.2. The van der Waals surface area contributed by atoms with Crippen LogP contribution in [0.4, 0.5) is 14.7 Å². The summed E-state index contributed by atoms with van der Waals surface area (Å²) in [5.74, 6) is -1.10. The Morgan fingerprint density at radius 1 is 1.28 bits per heavy atom. The Bertz CT molecular complexity index is 1180. The second-order valence-corrected chi connectivity index (χ2v) is 10.1. The topological polar surface area (TPSA) is 84.4 Å². The predicted octanol–water partition coefficient (Wildman–Crippen LogP) is 4.34. The van der Waals surface area contributed by atoms with Gasteiger partial charge < -0.3 is 15.0 Å². The molecule has 32 heavy (non-hydrogen) atoms. The summed E-state index contributed by atoms with van der Waals surface area (Å²) in [6, 6.07) is 4.59. The molecule has 1 amide bonds. The summed E-state index contributed by atoms with van der Waals surface area (Å²) in [6.45, 7) is 3.52. The molecular formula is C22H23FN4O3S2. The van der Waals surface area contributed by atoms with Crippen molar-refractivity contribution in [2.75, 3.05) is 29.9 Å². The fraction of sp³-hybridized carbons (Fsp3) is 0.455. The van der Waals surface area contributed by atoms with Crippen LogP contribution in [0.2, 0.25) is 0 Å². The molecule has 2 atom stereocenters. The number of carbonyl (C=O) groups excluding carboxylic acids is 2.